The van der Waals surface area contributed by atoms with E-state index in [1.807, 2.05) is 46.8 Å². The Labute approximate surface area is 181 Å². The van der Waals surface area contributed by atoms with Crippen molar-refractivity contribution in [3.8, 4) is 0 Å². The number of rotatable bonds is 12. The second-order valence-electron chi connectivity index (χ2n) is 8.94. The SMILES string of the molecule is C/C=C/C[C@@H](C)[C@@H](O)[C@@H](C(N)=O)N(C)C(=O)[C@H](C(C)C)N(C)C(=O)[C@H](N)CC(C)C. The van der Waals surface area contributed by atoms with Crippen LogP contribution in [-0.2, 0) is 14.4 Å². The maximum atomic E-state index is 13.3. The molecule has 0 aliphatic carbocycles. The van der Waals surface area contributed by atoms with Crippen LogP contribution < -0.4 is 11.5 Å². The van der Waals surface area contributed by atoms with Crippen LogP contribution in [-0.4, -0.2) is 71.0 Å². The number of allylic oxidation sites excluding steroid dienone is 2. The second kappa shape index (κ2) is 12.7. The largest absolute Gasteiger partial charge is 0.390 e. The number of aliphatic hydroxyl groups excluding tert-OH is 1. The van der Waals surface area contributed by atoms with Crippen LogP contribution in [0.5, 0.6) is 0 Å². The molecule has 0 unspecified atom stereocenters. The van der Waals surface area contributed by atoms with Gasteiger partial charge in [-0.3, -0.25) is 14.4 Å². The summed E-state index contributed by atoms with van der Waals surface area (Å²) < 4.78 is 0. The molecule has 174 valence electrons. The lowest BCUT2D eigenvalue weighted by Crippen LogP contribution is -2.60. The van der Waals surface area contributed by atoms with Gasteiger partial charge in [-0.05, 0) is 37.5 Å². The molecule has 0 spiro atoms. The van der Waals surface area contributed by atoms with Gasteiger partial charge in [0.2, 0.25) is 17.7 Å². The van der Waals surface area contributed by atoms with Gasteiger partial charge >= 0.3 is 0 Å². The second-order valence-corrected chi connectivity index (χ2v) is 8.94. The third kappa shape index (κ3) is 7.72. The maximum Gasteiger partial charge on any atom is 0.246 e. The van der Waals surface area contributed by atoms with Crippen LogP contribution in [0.15, 0.2) is 12.2 Å². The Morgan fingerprint density at radius 1 is 0.967 bits per heavy atom. The standard InChI is InChI=1S/C22H42N4O4/c1-9-10-11-15(6)19(27)18(20(24)28)26(8)22(30)17(14(4)5)25(7)21(29)16(23)12-13(2)3/h9-10,13-19,27H,11-12,23H2,1-8H3,(H2,24,28)/b10-9+/t15-,16-,17+,18+,19-/m1/s1. The molecule has 0 heterocycles. The van der Waals surface area contributed by atoms with Gasteiger partial charge in [-0.15, -0.1) is 0 Å². The lowest BCUT2D eigenvalue weighted by molar-refractivity contribution is -0.152. The van der Waals surface area contributed by atoms with E-state index in [2.05, 4.69) is 0 Å². The van der Waals surface area contributed by atoms with E-state index >= 15 is 0 Å². The average Bonchev–Trinajstić information content (AvgIpc) is 2.63. The van der Waals surface area contributed by atoms with Crippen molar-refractivity contribution in [3.63, 3.8) is 0 Å². The van der Waals surface area contributed by atoms with Crippen LogP contribution in [0.25, 0.3) is 0 Å². The molecular weight excluding hydrogens is 384 g/mol. The van der Waals surface area contributed by atoms with Crippen LogP contribution in [0, 0.1) is 17.8 Å². The minimum absolute atomic E-state index is 0.230. The van der Waals surface area contributed by atoms with Gasteiger partial charge < -0.3 is 26.4 Å². The molecule has 0 aromatic carbocycles. The molecule has 0 saturated heterocycles. The first kappa shape index (κ1) is 28.1. The molecule has 0 aliphatic heterocycles. The number of carbonyl (C=O) groups excluding carboxylic acids is 3. The number of amides is 3. The minimum atomic E-state index is -1.20. The molecule has 0 saturated carbocycles. The zero-order valence-corrected chi connectivity index (χ0v) is 19.8. The van der Waals surface area contributed by atoms with Gasteiger partial charge in [-0.2, -0.15) is 0 Å². The molecule has 0 aliphatic rings. The van der Waals surface area contributed by atoms with Crippen LogP contribution in [0.4, 0.5) is 0 Å². The van der Waals surface area contributed by atoms with E-state index in [0.717, 1.165) is 0 Å². The quantitative estimate of drug-likeness (QED) is 0.403. The number of likely N-dealkylation sites (N-methyl/N-ethyl adjacent to an activating group) is 2. The molecular formula is C22H42N4O4. The number of hydrogen-bond acceptors (Lipinski definition) is 5. The van der Waals surface area contributed by atoms with E-state index < -0.39 is 36.0 Å². The van der Waals surface area contributed by atoms with Crippen LogP contribution in [0.2, 0.25) is 0 Å². The van der Waals surface area contributed by atoms with Gasteiger partial charge in [-0.25, -0.2) is 0 Å². The van der Waals surface area contributed by atoms with Crippen molar-refractivity contribution in [2.75, 3.05) is 14.1 Å². The molecule has 8 nitrogen and oxygen atoms in total. The van der Waals surface area contributed by atoms with E-state index in [1.54, 1.807) is 14.0 Å². The molecule has 30 heavy (non-hydrogen) atoms. The predicted octanol–water partition coefficient (Wildman–Crippen LogP) is 1.12. The first-order valence-corrected chi connectivity index (χ1v) is 10.6. The van der Waals surface area contributed by atoms with Crippen molar-refractivity contribution in [2.45, 2.75) is 78.6 Å². The molecule has 3 amide bonds. The number of nitrogens with zero attached hydrogens (tertiary/aromatic N) is 2. The van der Waals surface area contributed by atoms with Crippen molar-refractivity contribution in [2.24, 2.45) is 29.2 Å². The summed E-state index contributed by atoms with van der Waals surface area (Å²) in [5.74, 6) is -1.86. The van der Waals surface area contributed by atoms with Crippen molar-refractivity contribution in [3.05, 3.63) is 12.2 Å². The smallest absolute Gasteiger partial charge is 0.246 e. The fraction of sp³-hybridized carbons (Fsp3) is 0.773. The monoisotopic (exact) mass is 426 g/mol. The Morgan fingerprint density at radius 2 is 1.47 bits per heavy atom. The van der Waals surface area contributed by atoms with Crippen molar-refractivity contribution in [1.82, 2.24) is 9.80 Å². The van der Waals surface area contributed by atoms with Gasteiger partial charge in [0.1, 0.15) is 12.1 Å². The molecule has 5 atom stereocenters. The summed E-state index contributed by atoms with van der Waals surface area (Å²) in [6, 6.07) is -2.75. The highest BCUT2D eigenvalue weighted by atomic mass is 16.3. The van der Waals surface area contributed by atoms with E-state index in [1.165, 1.54) is 16.8 Å². The molecule has 0 aromatic heterocycles. The molecule has 8 heteroatoms. The number of primary amides is 1. The Kier molecular flexibility index (Phi) is 11.9. The van der Waals surface area contributed by atoms with Gasteiger partial charge in [-0.1, -0.05) is 46.8 Å². The normalized spacial score (nSPS) is 16.9. The van der Waals surface area contributed by atoms with Crippen LogP contribution in [0.1, 0.15) is 54.4 Å². The lowest BCUT2D eigenvalue weighted by atomic mass is 9.92. The number of nitrogens with two attached hydrogens (primary N) is 2. The summed E-state index contributed by atoms with van der Waals surface area (Å²) >= 11 is 0. The van der Waals surface area contributed by atoms with Crippen molar-refractivity contribution in [1.29, 1.82) is 0 Å². The lowest BCUT2D eigenvalue weighted by Gasteiger charge is -2.38. The Hall–Kier alpha value is -1.93. The highest BCUT2D eigenvalue weighted by molar-refractivity contribution is 5.93. The zero-order chi connectivity index (χ0) is 23.8. The van der Waals surface area contributed by atoms with E-state index in [4.69, 9.17) is 11.5 Å². The molecule has 0 rings (SSSR count). The fourth-order valence-electron chi connectivity index (χ4n) is 3.64. The zero-order valence-electron chi connectivity index (χ0n) is 19.8. The van der Waals surface area contributed by atoms with E-state index in [-0.39, 0.29) is 23.7 Å². The molecule has 0 aromatic rings. The Morgan fingerprint density at radius 3 is 1.87 bits per heavy atom. The summed E-state index contributed by atoms with van der Waals surface area (Å²) in [4.78, 5) is 40.8. The summed E-state index contributed by atoms with van der Waals surface area (Å²) in [5.41, 5.74) is 11.6. The van der Waals surface area contributed by atoms with Crippen molar-refractivity contribution >= 4 is 17.7 Å². The number of hydrogen-bond donors (Lipinski definition) is 3. The maximum absolute atomic E-state index is 13.3. The summed E-state index contributed by atoms with van der Waals surface area (Å²) in [6.07, 6.45) is 3.65. The Balaban J connectivity index is 5.72. The summed E-state index contributed by atoms with van der Waals surface area (Å²) in [7, 11) is 2.98. The summed E-state index contributed by atoms with van der Waals surface area (Å²) in [5, 5.41) is 10.7. The van der Waals surface area contributed by atoms with Crippen molar-refractivity contribution < 1.29 is 19.5 Å². The average molecular weight is 427 g/mol. The fourth-order valence-corrected chi connectivity index (χ4v) is 3.64. The summed E-state index contributed by atoms with van der Waals surface area (Å²) in [6.45, 7) is 11.2. The predicted molar refractivity (Wildman–Crippen MR) is 119 cm³/mol. The molecule has 5 N–H and O–H groups in total. The van der Waals surface area contributed by atoms with Gasteiger partial charge in [0.05, 0.1) is 12.1 Å². The third-order valence-corrected chi connectivity index (χ3v) is 5.40. The van der Waals surface area contributed by atoms with Gasteiger partial charge in [0.15, 0.2) is 0 Å². The third-order valence-electron chi connectivity index (χ3n) is 5.40. The first-order chi connectivity index (χ1) is 13.8. The molecule has 0 radical (unpaired) electrons. The van der Waals surface area contributed by atoms with Gasteiger partial charge in [0, 0.05) is 14.1 Å². The van der Waals surface area contributed by atoms with Crippen LogP contribution in [0.3, 0.4) is 0 Å². The first-order valence-electron chi connectivity index (χ1n) is 10.6. The highest BCUT2D eigenvalue weighted by Crippen LogP contribution is 2.20. The molecule has 0 bridgehead atoms. The number of aliphatic hydroxyl groups is 1. The van der Waals surface area contributed by atoms with Crippen LogP contribution >= 0.6 is 0 Å². The highest BCUT2D eigenvalue weighted by Gasteiger charge is 2.40. The molecule has 0 fully saturated rings. The Bertz CT molecular complexity index is 606. The van der Waals surface area contributed by atoms with E-state index in [9.17, 15) is 19.5 Å². The topological polar surface area (TPSA) is 130 Å². The van der Waals surface area contributed by atoms with Gasteiger partial charge in [0.25, 0.3) is 0 Å². The minimum Gasteiger partial charge on any atom is -0.390 e. The number of carbonyl (C=O) groups is 3. The van der Waals surface area contributed by atoms with E-state index in [0.29, 0.717) is 12.8 Å².